The van der Waals surface area contributed by atoms with Crippen LogP contribution in [0.1, 0.15) is 49.5 Å². The molecule has 3 aliphatic rings. The number of carbonyl (C=O) groups is 1. The van der Waals surface area contributed by atoms with Gasteiger partial charge in [-0.3, -0.25) is 9.69 Å². The number of likely N-dealkylation sites (tertiary alicyclic amines) is 2. The number of nitrogens with zero attached hydrogens (tertiary/aromatic N) is 4. The molecule has 34 heavy (non-hydrogen) atoms. The molecule has 0 radical (unpaired) electrons. The summed E-state index contributed by atoms with van der Waals surface area (Å²) in [5, 5.41) is 11.4. The van der Waals surface area contributed by atoms with Crippen molar-refractivity contribution in [3.63, 3.8) is 0 Å². The van der Waals surface area contributed by atoms with Gasteiger partial charge in [0.2, 0.25) is 5.91 Å². The molecular formula is C28H34N4O2. The van der Waals surface area contributed by atoms with Crippen LogP contribution in [0.5, 0.6) is 0 Å². The average molecular weight is 459 g/mol. The lowest BCUT2D eigenvalue weighted by molar-refractivity contribution is -0.165. The molecule has 2 saturated heterocycles. The van der Waals surface area contributed by atoms with Gasteiger partial charge in [-0.1, -0.05) is 42.5 Å². The van der Waals surface area contributed by atoms with Crippen LogP contribution in [0.4, 0.5) is 0 Å². The van der Waals surface area contributed by atoms with Gasteiger partial charge in [0, 0.05) is 20.1 Å². The molecule has 178 valence electrons. The third kappa shape index (κ3) is 3.83. The number of aryl methyl sites for hydroxylation is 1. The zero-order valence-corrected chi connectivity index (χ0v) is 19.9. The fraction of sp³-hybridized carbons (Fsp3) is 0.500. The molecule has 1 amide bonds. The highest BCUT2D eigenvalue weighted by Crippen LogP contribution is 2.47. The van der Waals surface area contributed by atoms with E-state index in [0.29, 0.717) is 18.9 Å². The number of imidazole rings is 1. The molecule has 1 aliphatic carbocycles. The Kier molecular flexibility index (Phi) is 5.46. The summed E-state index contributed by atoms with van der Waals surface area (Å²) >= 11 is 0. The van der Waals surface area contributed by atoms with Gasteiger partial charge in [-0.15, -0.1) is 0 Å². The molecular weight excluding hydrogens is 424 g/mol. The zero-order valence-electron chi connectivity index (χ0n) is 19.9. The number of benzene rings is 2. The van der Waals surface area contributed by atoms with E-state index in [4.69, 9.17) is 4.98 Å². The van der Waals surface area contributed by atoms with Crippen molar-refractivity contribution in [1.29, 1.82) is 0 Å². The van der Waals surface area contributed by atoms with Crippen LogP contribution >= 0.6 is 0 Å². The average Bonchev–Trinajstić information content (AvgIpc) is 3.61. The van der Waals surface area contributed by atoms with Gasteiger partial charge in [0.1, 0.15) is 5.82 Å². The molecule has 1 aromatic heterocycles. The Balaban J connectivity index is 1.27. The molecule has 0 unspecified atom stereocenters. The Labute approximate surface area is 201 Å². The maximum absolute atomic E-state index is 14.2. The van der Waals surface area contributed by atoms with Gasteiger partial charge in [-0.25, -0.2) is 4.98 Å². The Bertz CT molecular complexity index is 1190. The van der Waals surface area contributed by atoms with Gasteiger partial charge in [0.25, 0.3) is 0 Å². The highest BCUT2D eigenvalue weighted by atomic mass is 16.3. The lowest BCUT2D eigenvalue weighted by atomic mass is 9.69. The summed E-state index contributed by atoms with van der Waals surface area (Å²) < 4.78 is 2.17. The van der Waals surface area contributed by atoms with Crippen molar-refractivity contribution in [3.05, 3.63) is 66.0 Å². The van der Waals surface area contributed by atoms with Crippen molar-refractivity contribution in [2.24, 2.45) is 18.4 Å². The molecule has 3 atom stereocenters. The summed E-state index contributed by atoms with van der Waals surface area (Å²) in [5.74, 6) is 1.85. The van der Waals surface area contributed by atoms with Crippen LogP contribution in [-0.4, -0.2) is 56.1 Å². The minimum absolute atomic E-state index is 0.241. The summed E-state index contributed by atoms with van der Waals surface area (Å²) in [6.45, 7) is 3.14. The van der Waals surface area contributed by atoms with Gasteiger partial charge in [-0.05, 0) is 62.3 Å². The fourth-order valence-corrected chi connectivity index (χ4v) is 6.31. The second-order valence-corrected chi connectivity index (χ2v) is 10.7. The Hall–Kier alpha value is -2.70. The number of fused-ring (bicyclic) bond motifs is 1. The predicted octanol–water partition coefficient (Wildman–Crippen LogP) is 3.90. The van der Waals surface area contributed by atoms with Crippen molar-refractivity contribution >= 4 is 16.9 Å². The lowest BCUT2D eigenvalue weighted by Gasteiger charge is -2.52. The number of para-hydroxylation sites is 2. The van der Waals surface area contributed by atoms with Crippen LogP contribution in [0.3, 0.4) is 0 Å². The minimum Gasteiger partial charge on any atom is -0.391 e. The maximum Gasteiger partial charge on any atom is 0.230 e. The number of amides is 1. The number of carbonyl (C=O) groups excluding carboxylic acids is 1. The molecule has 1 N–H and O–H groups in total. The van der Waals surface area contributed by atoms with Gasteiger partial charge in [-0.2, -0.15) is 0 Å². The topological polar surface area (TPSA) is 61.6 Å². The van der Waals surface area contributed by atoms with Gasteiger partial charge >= 0.3 is 0 Å². The number of hydrogen-bond acceptors (Lipinski definition) is 4. The maximum atomic E-state index is 14.2. The van der Waals surface area contributed by atoms with E-state index in [1.165, 1.54) is 12.8 Å². The summed E-state index contributed by atoms with van der Waals surface area (Å²) in [7, 11) is 2.07. The zero-order chi connectivity index (χ0) is 23.3. The normalized spacial score (nSPS) is 28.2. The molecule has 3 fully saturated rings. The number of aliphatic hydroxyl groups excluding tert-OH is 1. The first kappa shape index (κ1) is 21.8. The van der Waals surface area contributed by atoms with E-state index in [0.717, 1.165) is 54.9 Å². The van der Waals surface area contributed by atoms with E-state index in [9.17, 15) is 9.90 Å². The third-order valence-corrected chi connectivity index (χ3v) is 8.21. The van der Waals surface area contributed by atoms with Crippen LogP contribution in [0, 0.1) is 11.3 Å². The summed E-state index contributed by atoms with van der Waals surface area (Å²) in [5.41, 5.74) is 2.68. The molecule has 6 heteroatoms. The van der Waals surface area contributed by atoms with Crippen LogP contribution in [0.15, 0.2) is 54.6 Å². The number of aliphatic hydroxyl groups is 1. The minimum atomic E-state index is -0.547. The van der Waals surface area contributed by atoms with E-state index in [-0.39, 0.29) is 11.9 Å². The molecule has 3 aromatic rings. The second-order valence-electron chi connectivity index (χ2n) is 10.7. The molecule has 1 spiro atoms. The number of aromatic nitrogens is 2. The van der Waals surface area contributed by atoms with E-state index in [2.05, 4.69) is 40.8 Å². The molecule has 6 rings (SSSR count). The monoisotopic (exact) mass is 458 g/mol. The Morgan fingerprint density at radius 3 is 2.62 bits per heavy atom. The quantitative estimate of drug-likeness (QED) is 0.630. The van der Waals surface area contributed by atoms with Gasteiger partial charge < -0.3 is 14.6 Å². The van der Waals surface area contributed by atoms with Crippen LogP contribution in [0.2, 0.25) is 0 Å². The largest absolute Gasteiger partial charge is 0.391 e. The first-order valence-electron chi connectivity index (χ1n) is 12.7. The summed E-state index contributed by atoms with van der Waals surface area (Å²) in [6, 6.07) is 18.1. The Morgan fingerprint density at radius 2 is 1.85 bits per heavy atom. The fourth-order valence-electron chi connectivity index (χ4n) is 6.31. The van der Waals surface area contributed by atoms with Crippen molar-refractivity contribution in [3.8, 4) is 0 Å². The van der Waals surface area contributed by atoms with Crippen LogP contribution in [-0.2, 0) is 18.4 Å². The molecule has 1 saturated carbocycles. The van der Waals surface area contributed by atoms with Crippen molar-refractivity contribution in [2.45, 2.75) is 50.8 Å². The highest BCUT2D eigenvalue weighted by Gasteiger charge is 2.53. The van der Waals surface area contributed by atoms with Crippen LogP contribution in [0.25, 0.3) is 11.0 Å². The number of hydrogen-bond donors (Lipinski definition) is 1. The summed E-state index contributed by atoms with van der Waals surface area (Å²) in [6.07, 6.45) is 4.18. The molecule has 2 aromatic carbocycles. The van der Waals surface area contributed by atoms with Gasteiger partial charge in [0.05, 0.1) is 35.1 Å². The first-order chi connectivity index (χ1) is 16.5. The predicted molar refractivity (Wildman–Crippen MR) is 132 cm³/mol. The molecule has 3 heterocycles. The SMILES string of the molecule is Cn1c(CN2CCC[C@@]3(C[C@@H](O)[C@H](c4ccccc4)N(CC4CC4)C3=O)C2)nc2ccccc21. The first-order valence-corrected chi connectivity index (χ1v) is 12.7. The smallest absolute Gasteiger partial charge is 0.230 e. The molecule has 2 aliphatic heterocycles. The highest BCUT2D eigenvalue weighted by molar-refractivity contribution is 5.85. The van der Waals surface area contributed by atoms with Gasteiger partial charge in [0.15, 0.2) is 0 Å². The van der Waals surface area contributed by atoms with Crippen molar-refractivity contribution < 1.29 is 9.90 Å². The molecule has 0 bridgehead atoms. The third-order valence-electron chi connectivity index (χ3n) is 8.21. The van der Waals surface area contributed by atoms with Crippen LogP contribution < -0.4 is 0 Å². The van der Waals surface area contributed by atoms with E-state index < -0.39 is 11.5 Å². The summed E-state index contributed by atoms with van der Waals surface area (Å²) in [4.78, 5) is 23.5. The Morgan fingerprint density at radius 1 is 1.09 bits per heavy atom. The van der Waals surface area contributed by atoms with Crippen molar-refractivity contribution in [2.75, 3.05) is 19.6 Å². The standard InChI is InChI=1S/C28H34N4O2/c1-30-23-11-6-5-10-22(23)29-25(30)18-31-15-7-14-28(19-31)16-24(33)26(21-8-3-2-4-9-21)32(27(28)34)17-20-12-13-20/h2-6,8-11,20,24,26,33H,7,12-19H2,1H3/t24-,26+,28-/m1/s1. The number of piperidine rings is 2. The van der Waals surface area contributed by atoms with E-state index in [1.807, 2.05) is 35.2 Å². The number of rotatable bonds is 5. The van der Waals surface area contributed by atoms with Crippen molar-refractivity contribution in [1.82, 2.24) is 19.4 Å². The lowest BCUT2D eigenvalue weighted by Crippen LogP contribution is -2.60. The second kappa shape index (κ2) is 8.51. The molecule has 6 nitrogen and oxygen atoms in total. The van der Waals surface area contributed by atoms with E-state index >= 15 is 0 Å². The van der Waals surface area contributed by atoms with E-state index in [1.54, 1.807) is 0 Å².